The summed E-state index contributed by atoms with van der Waals surface area (Å²) in [6.45, 7) is 2.46. The Bertz CT molecular complexity index is 544. The van der Waals surface area contributed by atoms with E-state index >= 15 is 0 Å². The van der Waals surface area contributed by atoms with Crippen LogP contribution in [0.15, 0.2) is 24.3 Å². The fourth-order valence-corrected chi connectivity index (χ4v) is 3.63. The molecule has 3 heteroatoms. The molecule has 0 unspecified atom stereocenters. The molecule has 1 heterocycles. The van der Waals surface area contributed by atoms with Crippen LogP contribution >= 0.6 is 0 Å². The third kappa shape index (κ3) is 2.26. The number of amides is 2. The van der Waals surface area contributed by atoms with Crippen LogP contribution in [0, 0.1) is 12.3 Å². The molecule has 2 aliphatic rings. The van der Waals surface area contributed by atoms with E-state index < -0.39 is 0 Å². The number of likely N-dealkylation sites (tertiary alicyclic amines) is 1. The Hall–Kier alpha value is -1.64. The molecule has 1 saturated carbocycles. The van der Waals surface area contributed by atoms with E-state index in [0.717, 1.165) is 36.8 Å². The van der Waals surface area contributed by atoms with E-state index in [1.165, 1.54) is 11.3 Å². The predicted octanol–water partition coefficient (Wildman–Crippen LogP) is 3.20. The zero-order valence-corrected chi connectivity index (χ0v) is 12.0. The largest absolute Gasteiger partial charge is 0.278 e. The van der Waals surface area contributed by atoms with E-state index in [0.29, 0.717) is 13.0 Å². The Morgan fingerprint density at radius 1 is 1.15 bits per heavy atom. The minimum Gasteiger partial charge on any atom is -0.278 e. The highest BCUT2D eigenvalue weighted by molar-refractivity contribution is 6.05. The highest BCUT2D eigenvalue weighted by Crippen LogP contribution is 2.45. The van der Waals surface area contributed by atoms with Crippen molar-refractivity contribution in [3.8, 4) is 0 Å². The molecule has 1 spiro atoms. The van der Waals surface area contributed by atoms with Gasteiger partial charge in [-0.1, -0.05) is 49.1 Å². The fourth-order valence-electron chi connectivity index (χ4n) is 3.63. The van der Waals surface area contributed by atoms with Crippen molar-refractivity contribution >= 4 is 11.8 Å². The molecule has 0 N–H and O–H groups in total. The minimum absolute atomic E-state index is 0.0124. The second kappa shape index (κ2) is 5.04. The van der Waals surface area contributed by atoms with Gasteiger partial charge < -0.3 is 0 Å². The second-order valence-electron chi connectivity index (χ2n) is 6.29. The van der Waals surface area contributed by atoms with Gasteiger partial charge in [-0.3, -0.25) is 14.5 Å². The first kappa shape index (κ1) is 13.3. The van der Waals surface area contributed by atoms with Crippen molar-refractivity contribution in [3.05, 3.63) is 35.4 Å². The maximum atomic E-state index is 12.7. The Morgan fingerprint density at radius 2 is 1.90 bits per heavy atom. The van der Waals surface area contributed by atoms with E-state index in [-0.39, 0.29) is 17.2 Å². The van der Waals surface area contributed by atoms with Gasteiger partial charge in [0.2, 0.25) is 11.8 Å². The summed E-state index contributed by atoms with van der Waals surface area (Å²) in [5.41, 5.74) is 1.84. The molecule has 0 bridgehead atoms. The van der Waals surface area contributed by atoms with E-state index in [1.54, 1.807) is 0 Å². The molecule has 1 saturated heterocycles. The summed E-state index contributed by atoms with van der Waals surface area (Å²) in [6.07, 6.45) is 5.57. The first-order valence-corrected chi connectivity index (χ1v) is 7.51. The number of carbonyl (C=O) groups is 2. The van der Waals surface area contributed by atoms with Crippen molar-refractivity contribution in [2.45, 2.75) is 52.0 Å². The van der Waals surface area contributed by atoms with Crippen molar-refractivity contribution in [1.29, 1.82) is 0 Å². The highest BCUT2D eigenvalue weighted by Gasteiger charge is 2.51. The lowest BCUT2D eigenvalue weighted by Crippen LogP contribution is -2.36. The first-order chi connectivity index (χ1) is 9.61. The summed E-state index contributed by atoms with van der Waals surface area (Å²) in [5, 5.41) is 0. The molecule has 1 aliphatic carbocycles. The molecular weight excluding hydrogens is 250 g/mol. The van der Waals surface area contributed by atoms with E-state index in [9.17, 15) is 9.59 Å². The summed E-state index contributed by atoms with van der Waals surface area (Å²) in [5.74, 6) is 0.0853. The van der Waals surface area contributed by atoms with Gasteiger partial charge in [0.25, 0.3) is 0 Å². The maximum Gasteiger partial charge on any atom is 0.236 e. The lowest BCUT2D eigenvalue weighted by Gasteiger charge is -2.30. The molecule has 20 heavy (non-hydrogen) atoms. The molecule has 106 valence electrons. The third-order valence-electron chi connectivity index (χ3n) is 4.72. The lowest BCUT2D eigenvalue weighted by atomic mass is 9.73. The molecule has 1 aliphatic heterocycles. The Labute approximate surface area is 120 Å². The fraction of sp³-hybridized carbons (Fsp3) is 0.529. The maximum absolute atomic E-state index is 12.7. The van der Waals surface area contributed by atoms with Crippen molar-refractivity contribution < 1.29 is 9.59 Å². The number of carbonyl (C=O) groups excluding carboxylic acids is 2. The van der Waals surface area contributed by atoms with Crippen molar-refractivity contribution in [2.24, 2.45) is 5.41 Å². The van der Waals surface area contributed by atoms with Gasteiger partial charge in [-0.05, 0) is 25.3 Å². The predicted molar refractivity (Wildman–Crippen MR) is 76.9 cm³/mol. The topological polar surface area (TPSA) is 37.4 Å². The third-order valence-corrected chi connectivity index (χ3v) is 4.72. The molecule has 1 aromatic rings. The van der Waals surface area contributed by atoms with Gasteiger partial charge in [-0.2, -0.15) is 0 Å². The van der Waals surface area contributed by atoms with E-state index in [4.69, 9.17) is 0 Å². The molecule has 3 rings (SSSR count). The summed E-state index contributed by atoms with van der Waals surface area (Å²) < 4.78 is 0. The van der Waals surface area contributed by atoms with Crippen LogP contribution < -0.4 is 0 Å². The van der Waals surface area contributed by atoms with E-state index in [2.05, 4.69) is 0 Å². The molecule has 2 fully saturated rings. The Balaban J connectivity index is 1.80. The van der Waals surface area contributed by atoms with Crippen molar-refractivity contribution in [2.75, 3.05) is 0 Å². The lowest BCUT2D eigenvalue weighted by molar-refractivity contribution is -0.142. The molecule has 3 nitrogen and oxygen atoms in total. The number of nitrogens with zero attached hydrogens (tertiary/aromatic N) is 1. The number of aryl methyl sites for hydroxylation is 1. The molecular formula is C17H21NO2. The normalized spacial score (nSPS) is 21.8. The number of imide groups is 1. The molecule has 0 radical (unpaired) electrons. The van der Waals surface area contributed by atoms with Gasteiger partial charge in [0.05, 0.1) is 12.0 Å². The monoisotopic (exact) mass is 271 g/mol. The van der Waals surface area contributed by atoms with E-state index in [1.807, 2.05) is 31.2 Å². The average molecular weight is 271 g/mol. The summed E-state index contributed by atoms with van der Waals surface area (Å²) in [7, 11) is 0. The first-order valence-electron chi connectivity index (χ1n) is 7.51. The van der Waals surface area contributed by atoms with Gasteiger partial charge in [0.15, 0.2) is 0 Å². The number of hydrogen-bond donors (Lipinski definition) is 0. The Kier molecular flexibility index (Phi) is 3.36. The average Bonchev–Trinajstić information content (AvgIpc) is 2.64. The summed E-state index contributed by atoms with van der Waals surface area (Å²) in [6, 6.07) is 8.04. The van der Waals surface area contributed by atoms with Crippen LogP contribution in [0.3, 0.4) is 0 Å². The summed E-state index contributed by atoms with van der Waals surface area (Å²) >= 11 is 0. The molecule has 0 atom stereocenters. The number of benzene rings is 1. The highest BCUT2D eigenvalue weighted by atomic mass is 16.2. The van der Waals surface area contributed by atoms with Crippen LogP contribution in [0.2, 0.25) is 0 Å². The van der Waals surface area contributed by atoms with Crippen molar-refractivity contribution in [3.63, 3.8) is 0 Å². The van der Waals surface area contributed by atoms with Crippen LogP contribution in [-0.4, -0.2) is 16.7 Å². The van der Waals surface area contributed by atoms with Crippen LogP contribution in [-0.2, 0) is 16.1 Å². The smallest absolute Gasteiger partial charge is 0.236 e. The quantitative estimate of drug-likeness (QED) is 0.775. The SMILES string of the molecule is Cc1cccc(CN2C(=O)CC3(CCCCC3)C2=O)c1. The zero-order chi connectivity index (χ0) is 14.2. The van der Waals surface area contributed by atoms with Crippen LogP contribution in [0.4, 0.5) is 0 Å². The van der Waals surface area contributed by atoms with Gasteiger partial charge in [-0.25, -0.2) is 0 Å². The van der Waals surface area contributed by atoms with Crippen LogP contribution in [0.25, 0.3) is 0 Å². The van der Waals surface area contributed by atoms with Crippen molar-refractivity contribution in [1.82, 2.24) is 4.90 Å². The Morgan fingerprint density at radius 3 is 2.60 bits per heavy atom. The minimum atomic E-state index is -0.362. The van der Waals surface area contributed by atoms with Crippen LogP contribution in [0.1, 0.15) is 49.7 Å². The summed E-state index contributed by atoms with van der Waals surface area (Å²) in [4.78, 5) is 26.4. The molecule has 2 amide bonds. The number of rotatable bonds is 2. The zero-order valence-electron chi connectivity index (χ0n) is 12.0. The van der Waals surface area contributed by atoms with Gasteiger partial charge >= 0.3 is 0 Å². The second-order valence-corrected chi connectivity index (χ2v) is 6.29. The van der Waals surface area contributed by atoms with Crippen LogP contribution in [0.5, 0.6) is 0 Å². The van der Waals surface area contributed by atoms with Gasteiger partial charge in [0.1, 0.15) is 0 Å². The van der Waals surface area contributed by atoms with Gasteiger partial charge in [-0.15, -0.1) is 0 Å². The standard InChI is InChI=1S/C17H21NO2/c1-13-6-5-7-14(10-13)12-18-15(19)11-17(16(18)20)8-3-2-4-9-17/h5-7,10H,2-4,8-9,11-12H2,1H3. The number of hydrogen-bond acceptors (Lipinski definition) is 2. The molecule has 1 aromatic carbocycles. The molecule has 0 aromatic heterocycles. The van der Waals surface area contributed by atoms with Gasteiger partial charge in [0, 0.05) is 6.42 Å².